The number of ether oxygens (including phenoxy) is 2. The maximum atomic E-state index is 14.9. The lowest BCUT2D eigenvalue weighted by Crippen LogP contribution is -2.46. The smallest absolute Gasteiger partial charge is 0.422 e. The van der Waals surface area contributed by atoms with E-state index >= 15 is 0 Å². The third kappa shape index (κ3) is 10.4. The first kappa shape index (κ1) is 38.4. The van der Waals surface area contributed by atoms with Crippen molar-refractivity contribution in [3.8, 4) is 17.6 Å². The van der Waals surface area contributed by atoms with Crippen LogP contribution in [0.1, 0.15) is 43.0 Å². The second-order valence-electron chi connectivity index (χ2n) is 12.2. The van der Waals surface area contributed by atoms with Crippen LogP contribution in [0.25, 0.3) is 10.1 Å². The lowest BCUT2D eigenvalue weighted by atomic mass is 9.89. The number of sulfonamides is 1. The zero-order chi connectivity index (χ0) is 37.0. The number of anilines is 2. The summed E-state index contributed by atoms with van der Waals surface area (Å²) in [4.78, 5) is 12.7. The van der Waals surface area contributed by atoms with Crippen LogP contribution in [0.2, 0.25) is 0 Å². The normalized spacial score (nSPS) is 18.9. The molecule has 0 atom stereocenters. The molecular weight excluding hydrogens is 730 g/mol. The molecule has 2 aliphatic rings. The average Bonchev–Trinajstić information content (AvgIpc) is 3.38. The standard InChI is InChI=1S/C33H35F7N4O5S2/c1-20(45)43-51(46,47)30-17-28(49-19-33(38,39)40)27(16-25(30)34)41-11-3-6-29-24(18-32(35,36)37)23-4-2-5-26(31(23)50-29)42-21-7-9-22(10-8-21)44-12-14-48-15-13-44/h2,4-5,16-17,21-22,41-42H,7-15,18-19H2,1H3,(H,43,45). The molecule has 1 saturated heterocycles. The van der Waals surface area contributed by atoms with Gasteiger partial charge < -0.3 is 20.1 Å². The van der Waals surface area contributed by atoms with Crippen LogP contribution in [0.15, 0.2) is 35.2 Å². The number of hydrogen-bond donors (Lipinski definition) is 3. The van der Waals surface area contributed by atoms with Crippen molar-refractivity contribution in [3.63, 3.8) is 0 Å². The van der Waals surface area contributed by atoms with Crippen molar-refractivity contribution in [2.75, 3.05) is 50.1 Å². The summed E-state index contributed by atoms with van der Waals surface area (Å²) in [5, 5.41) is 6.47. The maximum absolute atomic E-state index is 14.9. The van der Waals surface area contributed by atoms with Crippen molar-refractivity contribution in [1.82, 2.24) is 9.62 Å². The topological polar surface area (TPSA) is 109 Å². The van der Waals surface area contributed by atoms with E-state index in [1.807, 2.05) is 6.07 Å². The Bertz CT molecular complexity index is 1890. The number of amides is 1. The van der Waals surface area contributed by atoms with Crippen LogP contribution in [0.5, 0.6) is 5.75 Å². The molecule has 3 N–H and O–H groups in total. The van der Waals surface area contributed by atoms with E-state index in [4.69, 9.17) is 9.47 Å². The minimum atomic E-state index is -4.84. The monoisotopic (exact) mass is 764 g/mol. The van der Waals surface area contributed by atoms with Crippen molar-refractivity contribution < 1.29 is 53.4 Å². The van der Waals surface area contributed by atoms with E-state index in [9.17, 15) is 43.9 Å². The second kappa shape index (κ2) is 15.8. The third-order valence-corrected chi connectivity index (χ3v) is 11.0. The van der Waals surface area contributed by atoms with Crippen molar-refractivity contribution >= 4 is 48.7 Å². The summed E-state index contributed by atoms with van der Waals surface area (Å²) in [6.45, 7) is 1.84. The number of benzene rings is 2. The third-order valence-electron chi connectivity index (χ3n) is 8.38. The lowest BCUT2D eigenvalue weighted by Gasteiger charge is -2.39. The predicted octanol–water partition coefficient (Wildman–Crippen LogP) is 6.43. The van der Waals surface area contributed by atoms with Crippen LogP contribution in [-0.4, -0.2) is 83.1 Å². The summed E-state index contributed by atoms with van der Waals surface area (Å²) in [6, 6.07) is 6.74. The summed E-state index contributed by atoms with van der Waals surface area (Å²) >= 11 is 1.08. The number of carbonyl (C=O) groups excluding carboxylic acids is 1. The van der Waals surface area contributed by atoms with Gasteiger partial charge in [-0.05, 0) is 42.7 Å². The molecular formula is C33H35F7N4O5S2. The van der Waals surface area contributed by atoms with E-state index < -0.39 is 70.0 Å². The molecule has 2 fully saturated rings. The molecule has 18 heteroatoms. The molecule has 0 radical (unpaired) electrons. The van der Waals surface area contributed by atoms with Crippen LogP contribution < -0.4 is 20.1 Å². The Morgan fingerprint density at radius 1 is 1.04 bits per heavy atom. The highest BCUT2D eigenvalue weighted by Gasteiger charge is 2.33. The first-order valence-corrected chi connectivity index (χ1v) is 18.3. The second-order valence-corrected chi connectivity index (χ2v) is 14.9. The molecule has 1 aliphatic heterocycles. The minimum Gasteiger partial charge on any atom is -0.482 e. The number of halogens is 7. The van der Waals surface area contributed by atoms with Gasteiger partial charge >= 0.3 is 12.4 Å². The number of alkyl halides is 6. The summed E-state index contributed by atoms with van der Waals surface area (Å²) in [5.41, 5.74) is 0.259. The van der Waals surface area contributed by atoms with Gasteiger partial charge in [-0.25, -0.2) is 17.5 Å². The molecule has 278 valence electrons. The van der Waals surface area contributed by atoms with Crippen LogP contribution in [-0.2, 0) is 26.0 Å². The number of carbonyl (C=O) groups is 1. The lowest BCUT2D eigenvalue weighted by molar-refractivity contribution is -0.153. The van der Waals surface area contributed by atoms with Crippen molar-refractivity contribution in [3.05, 3.63) is 46.6 Å². The van der Waals surface area contributed by atoms with Gasteiger partial charge in [-0.2, -0.15) is 26.3 Å². The van der Waals surface area contributed by atoms with Gasteiger partial charge in [0.25, 0.3) is 10.0 Å². The number of nitrogens with zero attached hydrogens (tertiary/aromatic N) is 1. The molecule has 51 heavy (non-hydrogen) atoms. The van der Waals surface area contributed by atoms with Gasteiger partial charge in [0.1, 0.15) is 16.5 Å². The Kier molecular flexibility index (Phi) is 11.9. The first-order chi connectivity index (χ1) is 24.0. The molecule has 1 amide bonds. The van der Waals surface area contributed by atoms with Gasteiger partial charge in [0.15, 0.2) is 6.61 Å². The van der Waals surface area contributed by atoms with Gasteiger partial charge in [0.05, 0.1) is 47.1 Å². The number of nitrogens with one attached hydrogen (secondary N) is 3. The largest absolute Gasteiger partial charge is 0.482 e. The van der Waals surface area contributed by atoms with Crippen LogP contribution in [0.4, 0.5) is 42.1 Å². The first-order valence-electron chi connectivity index (χ1n) is 16.0. The number of fused-ring (bicyclic) bond motifs is 1. The Morgan fingerprint density at radius 2 is 1.75 bits per heavy atom. The van der Waals surface area contributed by atoms with E-state index in [1.54, 1.807) is 12.1 Å². The Labute approximate surface area is 293 Å². The minimum absolute atomic E-state index is 0.0255. The number of morpholine rings is 1. The molecule has 0 spiro atoms. The van der Waals surface area contributed by atoms with Gasteiger partial charge in [-0.1, -0.05) is 24.0 Å². The van der Waals surface area contributed by atoms with Gasteiger partial charge in [-0.3, -0.25) is 9.69 Å². The molecule has 5 rings (SSSR count). The summed E-state index contributed by atoms with van der Waals surface area (Å²) in [6.07, 6.45) is -6.87. The van der Waals surface area contributed by atoms with Gasteiger partial charge in [-0.15, -0.1) is 11.3 Å². The van der Waals surface area contributed by atoms with Crippen molar-refractivity contribution in [1.29, 1.82) is 0 Å². The molecule has 0 unspecified atom stereocenters. The van der Waals surface area contributed by atoms with Gasteiger partial charge in [0.2, 0.25) is 5.91 Å². The maximum Gasteiger partial charge on any atom is 0.422 e. The highest BCUT2D eigenvalue weighted by molar-refractivity contribution is 7.90. The zero-order valence-corrected chi connectivity index (χ0v) is 28.9. The summed E-state index contributed by atoms with van der Waals surface area (Å²) in [7, 11) is -4.79. The molecule has 0 bridgehead atoms. The predicted molar refractivity (Wildman–Crippen MR) is 178 cm³/mol. The summed E-state index contributed by atoms with van der Waals surface area (Å²) in [5.74, 6) is 2.17. The van der Waals surface area contributed by atoms with Gasteiger partial charge in [0, 0.05) is 44.2 Å². The fraction of sp³-hybridized carbons (Fsp3) is 0.485. The molecule has 3 aromatic rings. The number of rotatable bonds is 10. The zero-order valence-electron chi connectivity index (χ0n) is 27.3. The van der Waals surface area contributed by atoms with Crippen molar-refractivity contribution in [2.24, 2.45) is 0 Å². The molecule has 1 saturated carbocycles. The average molecular weight is 765 g/mol. The number of hydrogen-bond acceptors (Lipinski definition) is 9. The van der Waals surface area contributed by atoms with Crippen molar-refractivity contribution in [2.45, 2.75) is 68.4 Å². The van der Waals surface area contributed by atoms with E-state index in [0.717, 1.165) is 70.2 Å². The number of thiophene rings is 1. The Balaban J connectivity index is 1.37. The molecule has 2 heterocycles. The van der Waals surface area contributed by atoms with E-state index in [1.165, 1.54) is 4.72 Å². The molecule has 1 aromatic heterocycles. The molecule has 2 aromatic carbocycles. The van der Waals surface area contributed by atoms with Crippen LogP contribution >= 0.6 is 11.3 Å². The Hall–Kier alpha value is -3.79. The summed E-state index contributed by atoms with van der Waals surface area (Å²) < 4.78 is 132. The van der Waals surface area contributed by atoms with Crippen LogP contribution in [0, 0.1) is 17.7 Å². The fourth-order valence-corrected chi connectivity index (χ4v) is 8.41. The molecule has 9 nitrogen and oxygen atoms in total. The van der Waals surface area contributed by atoms with E-state index in [-0.39, 0.29) is 16.5 Å². The van der Waals surface area contributed by atoms with Crippen LogP contribution in [0.3, 0.4) is 0 Å². The Morgan fingerprint density at radius 3 is 2.39 bits per heavy atom. The quantitative estimate of drug-likeness (QED) is 0.160. The van der Waals surface area contributed by atoms with E-state index in [0.29, 0.717) is 33.9 Å². The van der Waals surface area contributed by atoms with E-state index in [2.05, 4.69) is 27.4 Å². The highest BCUT2D eigenvalue weighted by Crippen LogP contribution is 2.40. The highest BCUT2D eigenvalue weighted by atomic mass is 32.2. The fourth-order valence-electron chi connectivity index (χ4n) is 6.17. The SMILES string of the molecule is CC(=O)NS(=O)(=O)c1cc(OCC(F)(F)F)c(NCC#Cc2sc3c(NC4CCC(N5CCOCC5)CC4)cccc3c2CC(F)(F)F)cc1F. The molecule has 1 aliphatic carbocycles.